The smallest absolute Gasteiger partial charge is 0.417 e. The average molecular weight is 317 g/mol. The summed E-state index contributed by atoms with van der Waals surface area (Å²) in [5.74, 6) is 0.559. The van der Waals surface area contributed by atoms with Gasteiger partial charge in [0.1, 0.15) is 6.29 Å². The maximum atomic E-state index is 11.9. The van der Waals surface area contributed by atoms with Crippen molar-refractivity contribution in [1.82, 2.24) is 0 Å². The first-order chi connectivity index (χ1) is 10.7. The molecule has 22 heavy (non-hydrogen) atoms. The number of carbonyl (C=O) groups excluding carboxylic acids is 2. The third-order valence-corrected chi connectivity index (χ3v) is 3.61. The zero-order valence-electron chi connectivity index (χ0n) is 12.2. The van der Waals surface area contributed by atoms with Gasteiger partial charge in [0, 0.05) is 16.1 Å². The molecule has 0 spiro atoms. The first-order valence-electron chi connectivity index (χ1n) is 6.42. The molecule has 0 aliphatic carbocycles. The van der Waals surface area contributed by atoms with E-state index in [2.05, 4.69) is 5.32 Å². The number of hydrogen-bond acceptors (Lipinski definition) is 5. The van der Waals surface area contributed by atoms with Gasteiger partial charge in [-0.1, -0.05) is 0 Å². The molecule has 0 bridgehead atoms. The maximum absolute atomic E-state index is 11.9. The number of methoxy groups -OCH3 is 1. The molecule has 0 aromatic heterocycles. The number of aldehydes is 1. The van der Waals surface area contributed by atoms with E-state index in [-0.39, 0.29) is 5.75 Å². The summed E-state index contributed by atoms with van der Waals surface area (Å²) in [4.78, 5) is 23.7. The fraction of sp³-hybridized carbons (Fsp3) is 0.125. The quantitative estimate of drug-likeness (QED) is 0.670. The molecule has 6 heteroatoms. The van der Waals surface area contributed by atoms with E-state index >= 15 is 0 Å². The van der Waals surface area contributed by atoms with Crippen LogP contribution in [0, 0.1) is 0 Å². The highest BCUT2D eigenvalue weighted by Crippen LogP contribution is 2.28. The average Bonchev–Trinajstić information content (AvgIpc) is 2.55. The molecule has 2 aromatic rings. The molecule has 0 aliphatic heterocycles. The van der Waals surface area contributed by atoms with Crippen molar-refractivity contribution in [3.05, 3.63) is 48.0 Å². The Balaban J connectivity index is 2.06. The molecule has 0 heterocycles. The SMILES string of the molecule is COc1cc(C=O)ccc1OC(=O)Nc1ccc(SC)cc1. The number of ether oxygens (including phenoxy) is 2. The van der Waals surface area contributed by atoms with E-state index < -0.39 is 6.09 Å². The lowest BCUT2D eigenvalue weighted by Gasteiger charge is -2.10. The van der Waals surface area contributed by atoms with Crippen molar-refractivity contribution >= 4 is 29.8 Å². The molecule has 2 aromatic carbocycles. The van der Waals surface area contributed by atoms with Gasteiger partial charge in [-0.2, -0.15) is 0 Å². The van der Waals surface area contributed by atoms with Crippen molar-refractivity contribution in [3.63, 3.8) is 0 Å². The summed E-state index contributed by atoms with van der Waals surface area (Å²) >= 11 is 1.62. The van der Waals surface area contributed by atoms with Gasteiger partial charge in [-0.25, -0.2) is 4.79 Å². The summed E-state index contributed by atoms with van der Waals surface area (Å²) in [6.07, 6.45) is 2.04. The van der Waals surface area contributed by atoms with Crippen LogP contribution in [0.25, 0.3) is 0 Å². The minimum absolute atomic E-state index is 0.242. The molecule has 0 unspecified atom stereocenters. The highest BCUT2D eigenvalue weighted by molar-refractivity contribution is 7.98. The Hall–Kier alpha value is -2.47. The number of rotatable bonds is 5. The number of anilines is 1. The van der Waals surface area contributed by atoms with Crippen molar-refractivity contribution in [2.75, 3.05) is 18.7 Å². The summed E-state index contributed by atoms with van der Waals surface area (Å²) in [6.45, 7) is 0. The summed E-state index contributed by atoms with van der Waals surface area (Å²) in [7, 11) is 1.44. The molecule has 0 saturated carbocycles. The lowest BCUT2D eigenvalue weighted by Crippen LogP contribution is -2.17. The second kappa shape index (κ2) is 7.51. The normalized spacial score (nSPS) is 9.91. The summed E-state index contributed by atoms with van der Waals surface area (Å²) in [5.41, 5.74) is 1.07. The van der Waals surface area contributed by atoms with Crippen LogP contribution in [0.2, 0.25) is 0 Å². The van der Waals surface area contributed by atoms with E-state index in [1.165, 1.54) is 19.2 Å². The van der Waals surface area contributed by atoms with Gasteiger partial charge in [-0.05, 0) is 48.7 Å². The monoisotopic (exact) mass is 317 g/mol. The number of hydrogen-bond donors (Lipinski definition) is 1. The predicted octanol–water partition coefficient (Wildman–Crippen LogP) is 3.84. The Bertz CT molecular complexity index is 670. The van der Waals surface area contributed by atoms with Crippen LogP contribution < -0.4 is 14.8 Å². The Morgan fingerprint density at radius 3 is 2.45 bits per heavy atom. The molecule has 0 fully saturated rings. The molecule has 2 rings (SSSR count). The molecule has 0 radical (unpaired) electrons. The molecular weight excluding hydrogens is 302 g/mol. The largest absolute Gasteiger partial charge is 0.493 e. The van der Waals surface area contributed by atoms with Gasteiger partial charge < -0.3 is 9.47 Å². The Morgan fingerprint density at radius 2 is 1.86 bits per heavy atom. The Morgan fingerprint density at radius 1 is 1.14 bits per heavy atom. The molecule has 0 aliphatic rings. The summed E-state index contributed by atoms with van der Waals surface area (Å²) in [5, 5.41) is 2.63. The first-order valence-corrected chi connectivity index (χ1v) is 7.65. The summed E-state index contributed by atoms with van der Waals surface area (Å²) < 4.78 is 10.3. The van der Waals surface area contributed by atoms with Crippen LogP contribution in [0.4, 0.5) is 10.5 Å². The molecule has 0 atom stereocenters. The summed E-state index contributed by atoms with van der Waals surface area (Å²) in [6, 6.07) is 12.0. The van der Waals surface area contributed by atoms with Gasteiger partial charge in [-0.3, -0.25) is 10.1 Å². The van der Waals surface area contributed by atoms with E-state index in [4.69, 9.17) is 9.47 Å². The van der Waals surface area contributed by atoms with Crippen molar-refractivity contribution in [1.29, 1.82) is 0 Å². The van der Waals surface area contributed by atoms with Crippen molar-refractivity contribution < 1.29 is 19.1 Å². The maximum Gasteiger partial charge on any atom is 0.417 e. The lowest BCUT2D eigenvalue weighted by molar-refractivity contribution is 0.112. The number of benzene rings is 2. The zero-order chi connectivity index (χ0) is 15.9. The van der Waals surface area contributed by atoms with Crippen molar-refractivity contribution in [3.8, 4) is 11.5 Å². The highest BCUT2D eigenvalue weighted by atomic mass is 32.2. The van der Waals surface area contributed by atoms with Crippen LogP contribution in [-0.2, 0) is 0 Å². The van der Waals surface area contributed by atoms with Gasteiger partial charge >= 0.3 is 6.09 Å². The number of thioether (sulfide) groups is 1. The van der Waals surface area contributed by atoms with E-state index in [0.717, 1.165) is 4.90 Å². The van der Waals surface area contributed by atoms with Crippen LogP contribution in [0.5, 0.6) is 11.5 Å². The topological polar surface area (TPSA) is 64.6 Å². The van der Waals surface area contributed by atoms with E-state index in [0.29, 0.717) is 23.3 Å². The van der Waals surface area contributed by atoms with Crippen LogP contribution in [0.15, 0.2) is 47.4 Å². The Labute approximate surface area is 132 Å². The van der Waals surface area contributed by atoms with Crippen LogP contribution in [0.3, 0.4) is 0 Å². The fourth-order valence-electron chi connectivity index (χ4n) is 1.76. The third-order valence-electron chi connectivity index (χ3n) is 2.86. The van der Waals surface area contributed by atoms with Crippen molar-refractivity contribution in [2.45, 2.75) is 4.90 Å². The third kappa shape index (κ3) is 4.02. The molecule has 114 valence electrons. The molecule has 0 saturated heterocycles. The van der Waals surface area contributed by atoms with Gasteiger partial charge in [0.2, 0.25) is 0 Å². The zero-order valence-corrected chi connectivity index (χ0v) is 13.0. The number of carbonyl (C=O) groups is 2. The van der Waals surface area contributed by atoms with E-state index in [1.54, 1.807) is 30.0 Å². The molecule has 1 N–H and O–H groups in total. The molecular formula is C16H15NO4S. The van der Waals surface area contributed by atoms with Crippen molar-refractivity contribution in [2.24, 2.45) is 0 Å². The second-order valence-corrected chi connectivity index (χ2v) is 5.15. The first kappa shape index (κ1) is 15.9. The fourth-order valence-corrected chi connectivity index (χ4v) is 2.17. The highest BCUT2D eigenvalue weighted by Gasteiger charge is 2.11. The van der Waals surface area contributed by atoms with E-state index in [1.807, 2.05) is 18.4 Å². The number of amides is 1. The predicted molar refractivity (Wildman–Crippen MR) is 86.3 cm³/mol. The lowest BCUT2D eigenvalue weighted by atomic mass is 10.2. The standard InChI is InChI=1S/C16H15NO4S/c1-20-15-9-11(10-18)3-8-14(15)21-16(19)17-12-4-6-13(22-2)7-5-12/h3-10H,1-2H3,(H,17,19). The molecule has 1 amide bonds. The van der Waals surface area contributed by atoms with E-state index in [9.17, 15) is 9.59 Å². The van der Waals surface area contributed by atoms with Gasteiger partial charge in [0.05, 0.1) is 7.11 Å². The molecule has 5 nitrogen and oxygen atoms in total. The second-order valence-electron chi connectivity index (χ2n) is 4.27. The van der Waals surface area contributed by atoms with Crippen LogP contribution in [0.1, 0.15) is 10.4 Å². The van der Waals surface area contributed by atoms with Gasteiger partial charge in [-0.15, -0.1) is 11.8 Å². The van der Waals surface area contributed by atoms with Crippen LogP contribution >= 0.6 is 11.8 Å². The number of nitrogens with one attached hydrogen (secondary N) is 1. The van der Waals surface area contributed by atoms with Gasteiger partial charge in [0.15, 0.2) is 11.5 Å². The van der Waals surface area contributed by atoms with Crippen LogP contribution in [-0.4, -0.2) is 25.7 Å². The minimum atomic E-state index is -0.631. The van der Waals surface area contributed by atoms with Gasteiger partial charge in [0.25, 0.3) is 0 Å². The minimum Gasteiger partial charge on any atom is -0.493 e. The Kier molecular flexibility index (Phi) is 5.43.